The Balaban J connectivity index is 1.55. The van der Waals surface area contributed by atoms with E-state index in [-0.39, 0.29) is 101 Å². The van der Waals surface area contributed by atoms with Gasteiger partial charge in [-0.25, -0.2) is 4.79 Å². The quantitative estimate of drug-likeness (QED) is 0.0145. The fourth-order valence-corrected chi connectivity index (χ4v) is 11.3. The molecule has 12 amide bonds. The van der Waals surface area contributed by atoms with Gasteiger partial charge in [0, 0.05) is 45.3 Å². The van der Waals surface area contributed by atoms with Gasteiger partial charge in [0.15, 0.2) is 11.9 Å². The second-order valence-electron chi connectivity index (χ2n) is 26.5. The van der Waals surface area contributed by atoms with E-state index in [0.717, 1.165) is 17.4 Å². The summed E-state index contributed by atoms with van der Waals surface area (Å²) in [5.74, 6) is -17.4. The largest absolute Gasteiger partial charge is 0.508 e. The van der Waals surface area contributed by atoms with E-state index in [1.54, 1.807) is 74.5 Å². The standard InChI is InChI=1S/C70H101N19O19/c1-37(2)32-52(68(107)108)88-62(101)46(19-12-30-78-70(75)76)83-63(102)47(25-27-54(72)91)81-57(96)38(3)80-64(103)50(36-56(94)95)86-66(105)53-20-13-31-89(53)67(106)51(35-42-21-23-43(90)24-22-42)87-58(97)39(4)79-60(99)48(26-28-55(92)93)84-65(104)49(34-41-16-9-6-10-17-41)85-61(100)45(18-11-29-77-69(73)74)82-59(98)44(71)33-40-14-7-5-8-15-40/h5-10,14-17,21-24,37-39,44-53,90H,11-13,18-20,25-36,71H2,1-4H3,(H2,72,91)(H,79,99)(H,80,103)(H,81,96)(H,82,98)(H,83,102)(H,84,104)(H,85,100)(H,86,105)(H,87,97)(H,88,101)(H,92,93)(H,94,95)(H,107,108)(H4,73,74,77)(H4,75,76,78)/t38-,39-,44-,45-,46-,47-,48-,49-,50-,51-,52-,53-/m0/s1. The Hall–Kier alpha value is -12.0. The molecule has 0 unspecified atom stereocenters. The molecule has 4 rings (SSSR count). The number of carboxylic acid groups (broad SMARTS) is 3. The number of nitrogens with zero attached hydrogens (tertiary/aromatic N) is 1. The maximum absolute atomic E-state index is 14.8. The van der Waals surface area contributed by atoms with Crippen LogP contribution in [-0.2, 0) is 91.2 Å². The number of aromatic hydroxyl groups is 1. The van der Waals surface area contributed by atoms with Gasteiger partial charge in [-0.2, -0.15) is 0 Å². The average molecular weight is 1510 g/mol. The molecular formula is C70H101N19O19. The highest BCUT2D eigenvalue weighted by atomic mass is 16.4. The van der Waals surface area contributed by atoms with Crippen molar-refractivity contribution in [1.82, 2.24) is 68.7 Å². The lowest BCUT2D eigenvalue weighted by Gasteiger charge is -2.30. The first-order valence-corrected chi connectivity index (χ1v) is 35.1. The average Bonchev–Trinajstić information content (AvgIpc) is 1.63. The molecule has 0 spiro atoms. The SMILES string of the molecule is CC(C)C[C@H](NC(=O)[C@H](CCCNC(=N)N)NC(=O)[C@H](CCC(N)=O)NC(=O)[C@H](C)NC(=O)[C@H](CC(=O)O)NC(=O)[C@@H]1CCCN1C(=O)[C@H](Cc1ccc(O)cc1)NC(=O)[C@H](C)NC(=O)[C@H](CCC(=O)O)NC(=O)[C@H](Cc1ccccc1)NC(=O)[C@H](CCCNC(=N)N)NC(=O)[C@@H](N)Cc1ccccc1)C(=O)O. The molecule has 0 radical (unpaired) electrons. The van der Waals surface area contributed by atoms with Gasteiger partial charge in [-0.3, -0.25) is 77.9 Å². The highest BCUT2D eigenvalue weighted by Gasteiger charge is 2.41. The minimum Gasteiger partial charge on any atom is -0.508 e. The van der Waals surface area contributed by atoms with Crippen molar-refractivity contribution >= 4 is 101 Å². The summed E-state index contributed by atoms with van der Waals surface area (Å²) in [6.45, 7) is 5.78. The monoisotopic (exact) mass is 1510 g/mol. The number of nitrogens with two attached hydrogens (primary N) is 4. The van der Waals surface area contributed by atoms with Crippen molar-refractivity contribution in [3.05, 3.63) is 102 Å². The van der Waals surface area contributed by atoms with E-state index in [9.17, 15) is 92.3 Å². The molecule has 108 heavy (non-hydrogen) atoms. The number of benzene rings is 3. The van der Waals surface area contributed by atoms with Crippen molar-refractivity contribution in [2.45, 2.75) is 197 Å². The van der Waals surface area contributed by atoms with Crippen molar-refractivity contribution in [3.63, 3.8) is 0 Å². The first kappa shape index (κ1) is 88.4. The Kier molecular flexibility index (Phi) is 36.6. The van der Waals surface area contributed by atoms with Crippen LogP contribution in [0.1, 0.15) is 121 Å². The van der Waals surface area contributed by atoms with E-state index >= 15 is 0 Å². The second kappa shape index (κ2) is 44.7. The predicted molar refractivity (Wildman–Crippen MR) is 388 cm³/mol. The Morgan fingerprint density at radius 2 is 0.870 bits per heavy atom. The van der Waals surface area contributed by atoms with E-state index in [0.29, 0.717) is 11.1 Å². The summed E-state index contributed by atoms with van der Waals surface area (Å²) in [6.07, 6.45) is -3.58. The van der Waals surface area contributed by atoms with E-state index in [1.165, 1.54) is 31.2 Å². The highest BCUT2D eigenvalue weighted by molar-refractivity contribution is 6.00. The molecule has 0 saturated carbocycles. The molecular weight excluding hydrogens is 1410 g/mol. The van der Waals surface area contributed by atoms with Crippen LogP contribution in [0.4, 0.5) is 0 Å². The minimum atomic E-state index is -1.95. The van der Waals surface area contributed by atoms with E-state index in [4.69, 9.17) is 33.8 Å². The lowest BCUT2D eigenvalue weighted by atomic mass is 10.0. The Morgan fingerprint density at radius 3 is 1.34 bits per heavy atom. The van der Waals surface area contributed by atoms with Gasteiger partial charge < -0.3 is 112 Å². The molecule has 0 aliphatic carbocycles. The molecule has 26 N–H and O–H groups in total. The van der Waals surface area contributed by atoms with Crippen molar-refractivity contribution < 1.29 is 92.3 Å². The summed E-state index contributed by atoms with van der Waals surface area (Å²) in [4.78, 5) is 205. The summed E-state index contributed by atoms with van der Waals surface area (Å²) < 4.78 is 0. The van der Waals surface area contributed by atoms with Gasteiger partial charge in [0.25, 0.3) is 0 Å². The molecule has 0 bridgehead atoms. The molecule has 1 aliphatic heterocycles. The molecule has 3 aromatic rings. The Labute approximate surface area is 622 Å². The van der Waals surface area contributed by atoms with Gasteiger partial charge in [-0.15, -0.1) is 0 Å². The number of carboxylic acids is 3. The van der Waals surface area contributed by atoms with Gasteiger partial charge in [0.05, 0.1) is 12.5 Å². The molecule has 1 heterocycles. The molecule has 0 aromatic heterocycles. The summed E-state index contributed by atoms with van der Waals surface area (Å²) in [5, 5.41) is 84.4. The normalized spacial score (nSPS) is 15.4. The number of guanidine groups is 2. The van der Waals surface area contributed by atoms with Crippen molar-refractivity contribution in [3.8, 4) is 5.75 Å². The molecule has 3 aromatic carbocycles. The van der Waals surface area contributed by atoms with Gasteiger partial charge in [-0.1, -0.05) is 86.6 Å². The Morgan fingerprint density at radius 1 is 0.463 bits per heavy atom. The number of aliphatic carboxylic acids is 3. The van der Waals surface area contributed by atoms with Crippen LogP contribution in [0.2, 0.25) is 0 Å². The van der Waals surface area contributed by atoms with Crippen LogP contribution >= 0.6 is 0 Å². The third kappa shape index (κ3) is 31.8. The van der Waals surface area contributed by atoms with Gasteiger partial charge in [-0.05, 0) is 113 Å². The number of rotatable bonds is 46. The maximum atomic E-state index is 14.8. The smallest absolute Gasteiger partial charge is 0.326 e. The van der Waals surface area contributed by atoms with Crippen molar-refractivity contribution in [2.75, 3.05) is 19.6 Å². The molecule has 1 aliphatic rings. The Bertz CT molecular complexity index is 3650. The van der Waals surface area contributed by atoms with Gasteiger partial charge in [0.2, 0.25) is 70.9 Å². The number of phenols is 1. The second-order valence-corrected chi connectivity index (χ2v) is 26.5. The van der Waals surface area contributed by atoms with E-state index in [2.05, 4.69) is 63.8 Å². The van der Waals surface area contributed by atoms with E-state index in [1.807, 2.05) is 0 Å². The third-order valence-corrected chi connectivity index (χ3v) is 17.0. The number of nitrogens with one attached hydrogen (secondary N) is 14. The number of phenolic OH excluding ortho intramolecular Hbond substituents is 1. The summed E-state index contributed by atoms with van der Waals surface area (Å²) in [5.41, 5.74) is 24.1. The van der Waals surface area contributed by atoms with Crippen molar-refractivity contribution in [1.29, 1.82) is 10.8 Å². The summed E-state index contributed by atoms with van der Waals surface area (Å²) in [6, 6.07) is 4.25. The van der Waals surface area contributed by atoms with Crippen LogP contribution in [0.25, 0.3) is 0 Å². The summed E-state index contributed by atoms with van der Waals surface area (Å²) >= 11 is 0. The van der Waals surface area contributed by atoms with Gasteiger partial charge in [0.1, 0.15) is 72.2 Å². The summed E-state index contributed by atoms with van der Waals surface area (Å²) in [7, 11) is 0. The number of hydrogen-bond donors (Lipinski definition) is 22. The van der Waals surface area contributed by atoms with Crippen LogP contribution in [0, 0.1) is 16.7 Å². The van der Waals surface area contributed by atoms with Gasteiger partial charge >= 0.3 is 17.9 Å². The lowest BCUT2D eigenvalue weighted by molar-refractivity contribution is -0.144. The molecule has 1 fully saturated rings. The molecule has 590 valence electrons. The number of carbonyl (C=O) groups excluding carboxylic acids is 12. The van der Waals surface area contributed by atoms with E-state index < -0.39 is 199 Å². The zero-order valence-corrected chi connectivity index (χ0v) is 60.5. The molecule has 1 saturated heterocycles. The van der Waals surface area contributed by atoms with Crippen molar-refractivity contribution in [2.24, 2.45) is 28.9 Å². The topological polar surface area (TPSA) is 636 Å². The lowest BCUT2D eigenvalue weighted by Crippen LogP contribution is -2.60. The fraction of sp³-hybridized carbons (Fsp3) is 0.500. The zero-order valence-electron chi connectivity index (χ0n) is 60.5. The first-order valence-electron chi connectivity index (χ1n) is 35.1. The van der Waals surface area contributed by atoms with Crippen LogP contribution in [-0.4, -0.2) is 218 Å². The maximum Gasteiger partial charge on any atom is 0.326 e. The predicted octanol–water partition coefficient (Wildman–Crippen LogP) is -4.11. The van der Waals surface area contributed by atoms with Crippen LogP contribution in [0.15, 0.2) is 84.9 Å². The number of amides is 12. The van der Waals surface area contributed by atoms with Crippen LogP contribution in [0.5, 0.6) is 5.75 Å². The molecule has 38 nitrogen and oxygen atoms in total. The highest BCUT2D eigenvalue weighted by Crippen LogP contribution is 2.22. The zero-order chi connectivity index (χ0) is 80.3. The fourth-order valence-electron chi connectivity index (χ4n) is 11.3. The first-order chi connectivity index (χ1) is 51.0. The molecule has 38 heteroatoms. The number of likely N-dealkylation sites (tertiary alicyclic amines) is 1. The number of hydrogen-bond acceptors (Lipinski definition) is 19. The van der Waals surface area contributed by atoms with Crippen LogP contribution < -0.4 is 86.7 Å². The van der Waals surface area contributed by atoms with Crippen LogP contribution in [0.3, 0.4) is 0 Å². The minimum absolute atomic E-state index is 0.0112. The molecule has 12 atom stereocenters. The third-order valence-electron chi connectivity index (χ3n) is 17.0. The number of primary amides is 1. The number of carbonyl (C=O) groups is 15.